The van der Waals surface area contributed by atoms with E-state index < -0.39 is 20.0 Å². The van der Waals surface area contributed by atoms with Crippen LogP contribution in [0.4, 0.5) is 5.69 Å². The largest absolute Gasteiger partial charge is 0.492 e. The molecule has 2 rings (SSSR count). The summed E-state index contributed by atoms with van der Waals surface area (Å²) in [6, 6.07) is 9.85. The van der Waals surface area contributed by atoms with Crippen molar-refractivity contribution in [1.82, 2.24) is 4.72 Å². The summed E-state index contributed by atoms with van der Waals surface area (Å²) < 4.78 is 71.6. The molecule has 0 aromatic heterocycles. The van der Waals surface area contributed by atoms with E-state index in [0.717, 1.165) is 63.4 Å². The number of unbranched alkanes of at least 4 members (excludes halogenated alkanes) is 15. The highest BCUT2D eigenvalue weighted by Crippen LogP contribution is 2.32. The SMILES string of the molecule is CCCCCCCCOc1cc(NS(=O)(=O)c2cc(CCCCCCCC)ccc2OCCCCCCCC)ccc1S(=O)(=O)NCCC. The molecule has 0 amide bonds. The third-order valence-corrected chi connectivity index (χ3v) is 11.6. The molecule has 10 heteroatoms. The number of hydrogen-bond donors (Lipinski definition) is 2. The topological polar surface area (TPSA) is 111 Å². The first-order chi connectivity index (χ1) is 23.7. The molecule has 0 bridgehead atoms. The van der Waals surface area contributed by atoms with Gasteiger partial charge in [-0.25, -0.2) is 21.6 Å². The van der Waals surface area contributed by atoms with Gasteiger partial charge in [-0.2, -0.15) is 0 Å². The van der Waals surface area contributed by atoms with E-state index in [9.17, 15) is 16.8 Å². The molecule has 2 aromatic carbocycles. The highest BCUT2D eigenvalue weighted by molar-refractivity contribution is 7.92. The summed E-state index contributed by atoms with van der Waals surface area (Å²) in [6.45, 7) is 9.55. The van der Waals surface area contributed by atoms with Crippen molar-refractivity contribution in [3.05, 3.63) is 42.0 Å². The fraction of sp³-hybridized carbons (Fsp3) is 0.692. The van der Waals surface area contributed by atoms with Crippen LogP contribution in [0.25, 0.3) is 0 Å². The van der Waals surface area contributed by atoms with E-state index >= 15 is 0 Å². The number of nitrogens with one attached hydrogen (secondary N) is 2. The molecular formula is C39H66N2O6S2. The molecule has 0 fully saturated rings. The molecule has 2 N–H and O–H groups in total. The Morgan fingerprint density at radius 1 is 0.510 bits per heavy atom. The van der Waals surface area contributed by atoms with E-state index in [4.69, 9.17) is 9.47 Å². The number of hydrogen-bond acceptors (Lipinski definition) is 6. The summed E-state index contributed by atoms with van der Waals surface area (Å²) in [5.41, 5.74) is 1.18. The van der Waals surface area contributed by atoms with E-state index in [1.165, 1.54) is 82.4 Å². The molecule has 8 nitrogen and oxygen atoms in total. The van der Waals surface area contributed by atoms with Crippen molar-refractivity contribution in [2.45, 2.75) is 166 Å². The Balaban J connectivity index is 2.29. The van der Waals surface area contributed by atoms with Gasteiger partial charge in [-0.1, -0.05) is 130 Å². The molecule has 0 aliphatic heterocycles. The first kappa shape index (κ1) is 42.9. The second-order valence-electron chi connectivity index (χ2n) is 13.2. The molecule has 0 unspecified atom stereocenters. The Morgan fingerprint density at radius 2 is 1.04 bits per heavy atom. The predicted octanol–water partition coefficient (Wildman–Crippen LogP) is 10.6. The summed E-state index contributed by atoms with van der Waals surface area (Å²) in [5.74, 6) is 0.462. The van der Waals surface area contributed by atoms with Gasteiger partial charge in [0, 0.05) is 12.6 Å². The molecule has 0 spiro atoms. The number of anilines is 1. The molecule has 280 valence electrons. The van der Waals surface area contributed by atoms with Gasteiger partial charge in [0.2, 0.25) is 10.0 Å². The van der Waals surface area contributed by atoms with Crippen LogP contribution >= 0.6 is 0 Å². The molecule has 0 aliphatic carbocycles. The lowest BCUT2D eigenvalue weighted by Gasteiger charge is -2.17. The second-order valence-corrected chi connectivity index (χ2v) is 16.6. The van der Waals surface area contributed by atoms with E-state index in [1.807, 2.05) is 13.0 Å². The maximum Gasteiger partial charge on any atom is 0.265 e. The van der Waals surface area contributed by atoms with Gasteiger partial charge in [-0.3, -0.25) is 4.72 Å². The van der Waals surface area contributed by atoms with Crippen LogP contribution in [0.5, 0.6) is 11.5 Å². The van der Waals surface area contributed by atoms with Crippen LogP contribution in [0.15, 0.2) is 46.2 Å². The standard InChI is InChI=1S/C39H66N2O6S2/c1-5-9-12-15-18-21-24-34-25-27-36(46-30-22-19-16-13-10-6-2)39(32-34)49(44,45)41-35-26-28-38(48(42,43)40-29-8-4)37(33-35)47-31-23-20-17-14-11-7-3/h25-28,32-33,40-41H,5-24,29-31H2,1-4H3. The van der Waals surface area contributed by atoms with Gasteiger partial charge in [0.15, 0.2) is 0 Å². The average molecular weight is 723 g/mol. The number of benzene rings is 2. The lowest BCUT2D eigenvalue weighted by Crippen LogP contribution is -2.25. The lowest BCUT2D eigenvalue weighted by molar-refractivity contribution is 0.297. The maximum absolute atomic E-state index is 14.0. The van der Waals surface area contributed by atoms with Crippen LogP contribution in [0.2, 0.25) is 0 Å². The van der Waals surface area contributed by atoms with Crippen molar-refractivity contribution < 1.29 is 26.3 Å². The number of ether oxygens (including phenoxy) is 2. The molecule has 0 saturated carbocycles. The second kappa shape index (κ2) is 24.8. The normalized spacial score (nSPS) is 11.9. The zero-order chi connectivity index (χ0) is 35.8. The predicted molar refractivity (Wildman–Crippen MR) is 204 cm³/mol. The first-order valence-corrected chi connectivity index (χ1v) is 22.2. The van der Waals surface area contributed by atoms with Gasteiger partial charge in [0.1, 0.15) is 21.3 Å². The lowest BCUT2D eigenvalue weighted by atomic mass is 10.0. The highest BCUT2D eigenvalue weighted by atomic mass is 32.2. The zero-order valence-corrected chi connectivity index (χ0v) is 32.6. The molecule has 0 atom stereocenters. The third kappa shape index (κ3) is 17.0. The number of aryl methyl sites for hydroxylation is 1. The Kier molecular flexibility index (Phi) is 21.7. The maximum atomic E-state index is 14.0. The monoisotopic (exact) mass is 722 g/mol. The van der Waals surface area contributed by atoms with Gasteiger partial charge in [0.25, 0.3) is 10.0 Å². The van der Waals surface area contributed by atoms with Crippen molar-refractivity contribution in [3.63, 3.8) is 0 Å². The number of sulfonamides is 2. The summed E-state index contributed by atoms with van der Waals surface area (Å²) >= 11 is 0. The average Bonchev–Trinajstić information content (AvgIpc) is 3.08. The van der Waals surface area contributed by atoms with E-state index in [1.54, 1.807) is 12.1 Å². The summed E-state index contributed by atoms with van der Waals surface area (Å²) in [7, 11) is -7.92. The minimum Gasteiger partial charge on any atom is -0.492 e. The van der Waals surface area contributed by atoms with Gasteiger partial charge >= 0.3 is 0 Å². The Hall–Kier alpha value is -2.30. The molecule has 0 aliphatic rings. The van der Waals surface area contributed by atoms with Crippen molar-refractivity contribution in [2.24, 2.45) is 0 Å². The molecular weight excluding hydrogens is 657 g/mol. The molecule has 0 saturated heterocycles. The van der Waals surface area contributed by atoms with Gasteiger partial charge in [-0.15, -0.1) is 0 Å². The minimum absolute atomic E-state index is 0.00114. The Bertz CT molecular complexity index is 1400. The quantitative estimate of drug-likeness (QED) is 0.0777. The summed E-state index contributed by atoms with van der Waals surface area (Å²) in [4.78, 5) is 0.0941. The third-order valence-electron chi connectivity index (χ3n) is 8.66. The van der Waals surface area contributed by atoms with Crippen molar-refractivity contribution in [1.29, 1.82) is 0 Å². The van der Waals surface area contributed by atoms with Gasteiger partial charge in [0.05, 0.1) is 18.9 Å². The van der Waals surface area contributed by atoms with E-state index in [0.29, 0.717) is 31.9 Å². The number of rotatable bonds is 30. The summed E-state index contributed by atoms with van der Waals surface area (Å²) in [6.07, 6.45) is 21.5. The van der Waals surface area contributed by atoms with E-state index in [2.05, 4.69) is 30.2 Å². The first-order valence-electron chi connectivity index (χ1n) is 19.2. The molecule has 49 heavy (non-hydrogen) atoms. The molecule has 0 radical (unpaired) electrons. The van der Waals surface area contributed by atoms with Crippen molar-refractivity contribution >= 4 is 25.7 Å². The zero-order valence-electron chi connectivity index (χ0n) is 31.0. The van der Waals surface area contributed by atoms with Gasteiger partial charge in [-0.05, 0) is 61.9 Å². The molecule has 0 heterocycles. The minimum atomic E-state index is -4.08. The highest BCUT2D eigenvalue weighted by Gasteiger charge is 2.24. The van der Waals surface area contributed by atoms with Crippen LogP contribution in [0.3, 0.4) is 0 Å². The van der Waals surface area contributed by atoms with Crippen LogP contribution in [0, 0.1) is 0 Å². The Labute approximate surface area is 299 Å². The van der Waals surface area contributed by atoms with Gasteiger partial charge < -0.3 is 9.47 Å². The van der Waals surface area contributed by atoms with E-state index in [-0.39, 0.29) is 21.2 Å². The fourth-order valence-electron chi connectivity index (χ4n) is 5.71. The Morgan fingerprint density at radius 3 is 1.61 bits per heavy atom. The van der Waals surface area contributed by atoms with Crippen molar-refractivity contribution in [3.8, 4) is 11.5 Å². The van der Waals surface area contributed by atoms with Crippen LogP contribution in [-0.4, -0.2) is 36.6 Å². The smallest absolute Gasteiger partial charge is 0.265 e. The molecule has 2 aromatic rings. The summed E-state index contributed by atoms with van der Waals surface area (Å²) in [5, 5.41) is 0. The van der Waals surface area contributed by atoms with Crippen LogP contribution in [0.1, 0.15) is 155 Å². The van der Waals surface area contributed by atoms with Crippen molar-refractivity contribution in [2.75, 3.05) is 24.5 Å². The van der Waals surface area contributed by atoms with Crippen LogP contribution in [-0.2, 0) is 26.5 Å². The van der Waals surface area contributed by atoms with Crippen LogP contribution < -0.4 is 18.9 Å². The fourth-order valence-corrected chi connectivity index (χ4v) is 8.21.